The number of alkyl halides is 1. The molecule has 0 aromatic rings. The number of carbonyl (C=O) groups excluding carboxylic acids is 1. The average molecular weight is 184 g/mol. The van der Waals surface area contributed by atoms with E-state index in [4.69, 9.17) is 7.85 Å². The molecule has 13 heavy (non-hydrogen) atoms. The first-order valence-corrected chi connectivity index (χ1v) is 4.60. The van der Waals surface area contributed by atoms with Crippen molar-refractivity contribution in [2.45, 2.75) is 37.7 Å². The summed E-state index contributed by atoms with van der Waals surface area (Å²) < 4.78 is 17.5. The lowest BCUT2D eigenvalue weighted by Crippen LogP contribution is -2.24. The van der Waals surface area contributed by atoms with E-state index in [2.05, 4.69) is 4.74 Å². The van der Waals surface area contributed by atoms with Gasteiger partial charge in [-0.25, -0.2) is 4.39 Å². The van der Waals surface area contributed by atoms with Gasteiger partial charge in [0, 0.05) is 6.42 Å². The van der Waals surface area contributed by atoms with E-state index in [1.807, 2.05) is 0 Å². The summed E-state index contributed by atoms with van der Waals surface area (Å²) in [5.41, 5.74) is 0. The van der Waals surface area contributed by atoms with Crippen molar-refractivity contribution in [3.8, 4) is 0 Å². The Bertz CT molecular complexity index is 186. The van der Waals surface area contributed by atoms with Crippen molar-refractivity contribution in [2.75, 3.05) is 7.11 Å². The molecule has 72 valence electrons. The van der Waals surface area contributed by atoms with Crippen LogP contribution in [0, 0.1) is 5.92 Å². The molecule has 1 aliphatic carbocycles. The molecule has 4 heteroatoms. The van der Waals surface area contributed by atoms with E-state index >= 15 is 0 Å². The van der Waals surface area contributed by atoms with Gasteiger partial charge in [-0.1, -0.05) is 6.42 Å². The summed E-state index contributed by atoms with van der Waals surface area (Å²) in [5.74, 6) is -0.424. The Morgan fingerprint density at radius 1 is 1.62 bits per heavy atom. The van der Waals surface area contributed by atoms with Crippen LogP contribution in [0.1, 0.15) is 25.7 Å². The van der Waals surface area contributed by atoms with E-state index in [1.54, 1.807) is 0 Å². The number of hydrogen-bond donors (Lipinski definition) is 0. The van der Waals surface area contributed by atoms with Crippen LogP contribution in [-0.2, 0) is 9.53 Å². The maximum absolute atomic E-state index is 12.9. The van der Waals surface area contributed by atoms with Crippen molar-refractivity contribution in [3.05, 3.63) is 0 Å². The average Bonchev–Trinajstić information content (AvgIpc) is 2.11. The molecule has 0 spiro atoms. The van der Waals surface area contributed by atoms with Gasteiger partial charge in [-0.15, -0.1) is 0 Å². The van der Waals surface area contributed by atoms with Gasteiger partial charge in [-0.2, -0.15) is 0 Å². The molecule has 0 saturated heterocycles. The van der Waals surface area contributed by atoms with Gasteiger partial charge < -0.3 is 4.74 Å². The van der Waals surface area contributed by atoms with Crippen LogP contribution >= 0.6 is 0 Å². The molecule has 0 bridgehead atoms. The maximum Gasteiger partial charge on any atom is 0.305 e. The standard InChI is InChI=1S/C9H14BFO2/c1-13-9(12)5-6-2-3-8(11)7(10)4-6/h6-8H,2-5H2,1H3. The first-order valence-electron chi connectivity index (χ1n) is 4.60. The molecule has 3 unspecified atom stereocenters. The fourth-order valence-corrected chi connectivity index (χ4v) is 1.76. The lowest BCUT2D eigenvalue weighted by molar-refractivity contribution is -0.142. The topological polar surface area (TPSA) is 26.3 Å². The van der Waals surface area contributed by atoms with Crippen LogP contribution in [0.5, 0.6) is 0 Å². The lowest BCUT2D eigenvalue weighted by atomic mass is 9.69. The van der Waals surface area contributed by atoms with Crippen molar-refractivity contribution in [3.63, 3.8) is 0 Å². The van der Waals surface area contributed by atoms with E-state index in [1.165, 1.54) is 7.11 Å². The predicted molar refractivity (Wildman–Crippen MR) is 48.4 cm³/mol. The summed E-state index contributed by atoms with van der Waals surface area (Å²) in [5, 5.41) is 0. The molecule has 2 radical (unpaired) electrons. The van der Waals surface area contributed by atoms with E-state index < -0.39 is 12.0 Å². The van der Waals surface area contributed by atoms with E-state index in [-0.39, 0.29) is 11.9 Å². The second-order valence-electron chi connectivity index (χ2n) is 3.64. The van der Waals surface area contributed by atoms with Gasteiger partial charge in [0.15, 0.2) is 0 Å². The SMILES string of the molecule is [B]C1CC(CC(=O)OC)CCC1F. The first kappa shape index (κ1) is 10.5. The molecule has 2 nitrogen and oxygen atoms in total. The monoisotopic (exact) mass is 184 g/mol. The minimum atomic E-state index is -0.895. The summed E-state index contributed by atoms with van der Waals surface area (Å²) in [7, 11) is 6.92. The zero-order chi connectivity index (χ0) is 9.84. The number of methoxy groups -OCH3 is 1. The molecule has 0 N–H and O–H groups in total. The molecular formula is C9H14BFO2. The van der Waals surface area contributed by atoms with Crippen molar-refractivity contribution < 1.29 is 13.9 Å². The van der Waals surface area contributed by atoms with Gasteiger partial charge in [-0.3, -0.25) is 4.79 Å². The molecule has 3 atom stereocenters. The van der Waals surface area contributed by atoms with Crippen LogP contribution in [0.4, 0.5) is 4.39 Å². The second kappa shape index (κ2) is 4.63. The molecule has 1 rings (SSSR count). The van der Waals surface area contributed by atoms with Crippen LogP contribution < -0.4 is 0 Å². The van der Waals surface area contributed by atoms with Crippen LogP contribution in [0.25, 0.3) is 0 Å². The normalized spacial score (nSPS) is 34.2. The molecule has 0 aliphatic heterocycles. The highest BCUT2D eigenvalue weighted by molar-refractivity contribution is 6.12. The summed E-state index contributed by atoms with van der Waals surface area (Å²) in [4.78, 5) is 10.9. The molecule has 1 fully saturated rings. The maximum atomic E-state index is 12.9. The van der Waals surface area contributed by atoms with E-state index in [9.17, 15) is 9.18 Å². The van der Waals surface area contributed by atoms with Gasteiger partial charge in [0.1, 0.15) is 0 Å². The molecular weight excluding hydrogens is 170 g/mol. The lowest BCUT2D eigenvalue weighted by Gasteiger charge is -2.29. The molecule has 0 aromatic carbocycles. The van der Waals surface area contributed by atoms with Crippen molar-refractivity contribution in [2.24, 2.45) is 5.92 Å². The van der Waals surface area contributed by atoms with Crippen LogP contribution in [-0.4, -0.2) is 27.1 Å². The minimum Gasteiger partial charge on any atom is -0.469 e. The summed E-state index contributed by atoms with van der Waals surface area (Å²) in [6.07, 6.45) is 1.29. The Labute approximate surface area is 79.2 Å². The van der Waals surface area contributed by atoms with Crippen LogP contribution in [0.15, 0.2) is 0 Å². The Morgan fingerprint density at radius 3 is 2.85 bits per heavy atom. The molecule has 0 heterocycles. The largest absolute Gasteiger partial charge is 0.469 e. The molecule has 1 saturated carbocycles. The minimum absolute atomic E-state index is 0.203. The Hall–Kier alpha value is -0.535. The highest BCUT2D eigenvalue weighted by atomic mass is 19.1. The summed E-state index contributed by atoms with van der Waals surface area (Å²) in [6, 6.07) is 0. The van der Waals surface area contributed by atoms with Gasteiger partial charge >= 0.3 is 5.97 Å². The van der Waals surface area contributed by atoms with Crippen LogP contribution in [0.3, 0.4) is 0 Å². The number of ether oxygens (including phenoxy) is 1. The number of esters is 1. The Kier molecular flexibility index (Phi) is 3.76. The zero-order valence-corrected chi connectivity index (χ0v) is 7.83. The van der Waals surface area contributed by atoms with Gasteiger partial charge in [-0.05, 0) is 24.6 Å². The smallest absolute Gasteiger partial charge is 0.305 e. The third kappa shape index (κ3) is 3.01. The van der Waals surface area contributed by atoms with Crippen molar-refractivity contribution in [1.82, 2.24) is 0 Å². The third-order valence-corrected chi connectivity index (χ3v) is 2.60. The Balaban J connectivity index is 2.33. The first-order chi connectivity index (χ1) is 6.13. The summed E-state index contributed by atoms with van der Waals surface area (Å²) >= 11 is 0. The fourth-order valence-electron chi connectivity index (χ4n) is 1.76. The van der Waals surface area contributed by atoms with Crippen molar-refractivity contribution in [1.29, 1.82) is 0 Å². The van der Waals surface area contributed by atoms with Crippen LogP contribution in [0.2, 0.25) is 5.82 Å². The summed E-state index contributed by atoms with van der Waals surface area (Å²) in [6.45, 7) is 0. The van der Waals surface area contributed by atoms with Gasteiger partial charge in [0.2, 0.25) is 0 Å². The Morgan fingerprint density at radius 2 is 2.31 bits per heavy atom. The number of hydrogen-bond acceptors (Lipinski definition) is 2. The fraction of sp³-hybridized carbons (Fsp3) is 0.889. The number of carbonyl (C=O) groups is 1. The highest BCUT2D eigenvalue weighted by Gasteiger charge is 2.28. The number of halogens is 1. The molecule has 0 aromatic heterocycles. The quantitative estimate of drug-likeness (QED) is 0.481. The molecule has 0 amide bonds. The van der Waals surface area contributed by atoms with E-state index in [0.29, 0.717) is 19.3 Å². The second-order valence-corrected chi connectivity index (χ2v) is 3.64. The molecule has 1 aliphatic rings. The number of rotatable bonds is 2. The third-order valence-electron chi connectivity index (χ3n) is 2.60. The van der Waals surface area contributed by atoms with E-state index in [0.717, 1.165) is 6.42 Å². The van der Waals surface area contributed by atoms with Gasteiger partial charge in [0.25, 0.3) is 0 Å². The predicted octanol–water partition coefficient (Wildman–Crippen LogP) is 1.64. The van der Waals surface area contributed by atoms with Gasteiger partial charge in [0.05, 0.1) is 21.1 Å². The zero-order valence-electron chi connectivity index (χ0n) is 7.83. The van der Waals surface area contributed by atoms with Crippen molar-refractivity contribution >= 4 is 13.8 Å². The highest BCUT2D eigenvalue weighted by Crippen LogP contribution is 2.35.